The van der Waals surface area contributed by atoms with Gasteiger partial charge in [-0.2, -0.15) is 8.78 Å². The summed E-state index contributed by atoms with van der Waals surface area (Å²) in [6, 6.07) is 6.18. The summed E-state index contributed by atoms with van der Waals surface area (Å²) in [6.45, 7) is 2.10. The fraction of sp³-hybridized carbons (Fsp3) is 0.500. The molecule has 1 fully saturated rings. The first-order chi connectivity index (χ1) is 10.0. The van der Waals surface area contributed by atoms with E-state index in [1.54, 1.807) is 0 Å². The van der Waals surface area contributed by atoms with Crippen LogP contribution >= 0.6 is 0 Å². The number of carbonyl (C=O) groups is 1. The summed E-state index contributed by atoms with van der Waals surface area (Å²) in [4.78, 5) is 14.1. The average molecular weight is 299 g/mol. The van der Waals surface area contributed by atoms with E-state index in [1.807, 2.05) is 0 Å². The second kappa shape index (κ2) is 7.33. The Morgan fingerprint density at radius 1 is 1.48 bits per heavy atom. The minimum Gasteiger partial charge on any atom is -0.435 e. The summed E-state index contributed by atoms with van der Waals surface area (Å²) in [5.74, 6) is -0.0509. The Kier molecular flexibility index (Phi) is 5.46. The van der Waals surface area contributed by atoms with E-state index >= 15 is 0 Å². The summed E-state index contributed by atoms with van der Waals surface area (Å²) in [5, 5.41) is 6.01. The molecule has 0 aliphatic carbocycles. The first-order valence-electron chi connectivity index (χ1n) is 6.84. The van der Waals surface area contributed by atoms with Crippen molar-refractivity contribution in [1.29, 1.82) is 0 Å². The van der Waals surface area contributed by atoms with Crippen LogP contribution in [0.25, 0.3) is 0 Å². The number of alkyl halides is 2. The molecular formula is C14H19F2N3O2. The number of halogens is 2. The number of ether oxygens (including phenoxy) is 1. The Hall–Kier alpha value is -1.73. The van der Waals surface area contributed by atoms with Gasteiger partial charge in [-0.25, -0.2) is 0 Å². The van der Waals surface area contributed by atoms with Crippen LogP contribution in [0.15, 0.2) is 24.3 Å². The zero-order valence-corrected chi connectivity index (χ0v) is 11.8. The summed E-state index contributed by atoms with van der Waals surface area (Å²) in [6.07, 6.45) is 0. The minimum atomic E-state index is -2.85. The van der Waals surface area contributed by atoms with Crippen molar-refractivity contribution in [3.63, 3.8) is 0 Å². The lowest BCUT2D eigenvalue weighted by Gasteiger charge is -2.33. The van der Waals surface area contributed by atoms with Gasteiger partial charge in [0.05, 0.1) is 6.54 Å². The number of benzene rings is 1. The first-order valence-corrected chi connectivity index (χ1v) is 6.84. The molecule has 1 heterocycles. The van der Waals surface area contributed by atoms with E-state index in [2.05, 4.69) is 27.2 Å². The van der Waals surface area contributed by atoms with E-state index < -0.39 is 6.61 Å². The van der Waals surface area contributed by atoms with E-state index in [0.717, 1.165) is 19.6 Å². The molecule has 1 aliphatic rings. The second-order valence-corrected chi connectivity index (χ2v) is 4.97. The maximum atomic E-state index is 12.0. The van der Waals surface area contributed by atoms with E-state index in [-0.39, 0.29) is 11.7 Å². The molecule has 0 bridgehead atoms. The van der Waals surface area contributed by atoms with Crippen LogP contribution in [0.2, 0.25) is 0 Å². The number of hydrogen-bond donors (Lipinski definition) is 2. The third-order valence-corrected chi connectivity index (χ3v) is 3.35. The lowest BCUT2D eigenvalue weighted by molar-refractivity contribution is -0.118. The summed E-state index contributed by atoms with van der Waals surface area (Å²) in [7, 11) is 0. The van der Waals surface area contributed by atoms with Crippen LogP contribution < -0.4 is 15.4 Å². The Morgan fingerprint density at radius 3 is 2.81 bits per heavy atom. The monoisotopic (exact) mass is 299 g/mol. The van der Waals surface area contributed by atoms with Crippen molar-refractivity contribution in [1.82, 2.24) is 10.2 Å². The fourth-order valence-corrected chi connectivity index (χ4v) is 2.22. The standard InChI is InChI=1S/C14H19F2N3O2/c1-10-8-17-6-7-19(10)9-13(20)18-11-2-4-12(5-3-11)21-14(15)16/h2-5,10,14,17H,6-9H2,1H3,(H,18,20)/t10-/m0/s1. The Bertz CT molecular complexity index is 468. The van der Waals surface area contributed by atoms with Gasteiger partial charge in [0, 0.05) is 31.4 Å². The van der Waals surface area contributed by atoms with Crippen LogP contribution in [0, 0.1) is 0 Å². The van der Waals surface area contributed by atoms with Crippen LogP contribution in [-0.4, -0.2) is 49.6 Å². The van der Waals surface area contributed by atoms with Gasteiger partial charge >= 0.3 is 6.61 Å². The lowest BCUT2D eigenvalue weighted by atomic mass is 10.2. The van der Waals surface area contributed by atoms with E-state index in [0.29, 0.717) is 18.3 Å². The predicted octanol–water partition coefficient (Wildman–Crippen LogP) is 1.52. The number of nitrogens with one attached hydrogen (secondary N) is 2. The second-order valence-electron chi connectivity index (χ2n) is 4.97. The predicted molar refractivity (Wildman–Crippen MR) is 75.6 cm³/mol. The topological polar surface area (TPSA) is 53.6 Å². The van der Waals surface area contributed by atoms with Crippen molar-refractivity contribution < 1.29 is 18.3 Å². The molecule has 21 heavy (non-hydrogen) atoms. The number of nitrogens with zero attached hydrogens (tertiary/aromatic N) is 1. The van der Waals surface area contributed by atoms with Crippen LogP contribution in [-0.2, 0) is 4.79 Å². The SMILES string of the molecule is C[C@H]1CNCCN1CC(=O)Nc1ccc(OC(F)F)cc1. The molecule has 5 nitrogen and oxygen atoms in total. The van der Waals surface area contributed by atoms with Crippen LogP contribution in [0.1, 0.15) is 6.92 Å². The molecule has 7 heteroatoms. The van der Waals surface area contributed by atoms with Gasteiger partial charge < -0.3 is 15.4 Å². The molecule has 1 atom stereocenters. The molecule has 116 valence electrons. The van der Waals surface area contributed by atoms with Gasteiger partial charge in [-0.05, 0) is 31.2 Å². The summed E-state index contributed by atoms with van der Waals surface area (Å²) >= 11 is 0. The van der Waals surface area contributed by atoms with Crippen LogP contribution in [0.3, 0.4) is 0 Å². The molecular weight excluding hydrogens is 280 g/mol. The van der Waals surface area contributed by atoms with Gasteiger partial charge in [0.2, 0.25) is 5.91 Å². The van der Waals surface area contributed by atoms with Crippen LogP contribution in [0.5, 0.6) is 5.75 Å². The number of rotatable bonds is 5. The highest BCUT2D eigenvalue weighted by molar-refractivity contribution is 5.92. The maximum Gasteiger partial charge on any atom is 0.387 e. The molecule has 0 aromatic heterocycles. The van der Waals surface area contributed by atoms with Gasteiger partial charge in [0.1, 0.15) is 5.75 Å². The van der Waals surface area contributed by atoms with Gasteiger partial charge in [-0.3, -0.25) is 9.69 Å². The molecule has 1 saturated heterocycles. The van der Waals surface area contributed by atoms with Crippen molar-refractivity contribution in [3.8, 4) is 5.75 Å². The van der Waals surface area contributed by atoms with Gasteiger partial charge in [-0.1, -0.05) is 0 Å². The van der Waals surface area contributed by atoms with Crippen molar-refractivity contribution in [2.24, 2.45) is 0 Å². The average Bonchev–Trinajstić information content (AvgIpc) is 2.43. The molecule has 0 radical (unpaired) electrons. The molecule has 1 aromatic carbocycles. The lowest BCUT2D eigenvalue weighted by Crippen LogP contribution is -2.51. The quantitative estimate of drug-likeness (QED) is 0.865. The van der Waals surface area contributed by atoms with Gasteiger partial charge in [0.15, 0.2) is 0 Å². The fourth-order valence-electron chi connectivity index (χ4n) is 2.22. The number of piperazine rings is 1. The maximum absolute atomic E-state index is 12.0. The zero-order chi connectivity index (χ0) is 15.2. The van der Waals surface area contributed by atoms with E-state index in [9.17, 15) is 13.6 Å². The van der Waals surface area contributed by atoms with E-state index in [1.165, 1.54) is 24.3 Å². The molecule has 1 aromatic rings. The van der Waals surface area contributed by atoms with Crippen molar-refractivity contribution in [2.45, 2.75) is 19.6 Å². The third-order valence-electron chi connectivity index (χ3n) is 3.35. The Labute approximate surface area is 122 Å². The molecule has 1 aliphatic heterocycles. The Morgan fingerprint density at radius 2 is 2.19 bits per heavy atom. The number of hydrogen-bond acceptors (Lipinski definition) is 4. The Balaban J connectivity index is 1.84. The largest absolute Gasteiger partial charge is 0.435 e. The molecule has 2 rings (SSSR count). The third kappa shape index (κ3) is 4.95. The molecule has 2 N–H and O–H groups in total. The summed E-state index contributed by atoms with van der Waals surface area (Å²) in [5.41, 5.74) is 0.560. The highest BCUT2D eigenvalue weighted by Crippen LogP contribution is 2.17. The molecule has 1 amide bonds. The number of anilines is 1. The number of carbonyl (C=O) groups excluding carboxylic acids is 1. The number of amides is 1. The normalized spacial score (nSPS) is 19.5. The first kappa shape index (κ1) is 15.7. The smallest absolute Gasteiger partial charge is 0.387 e. The highest BCUT2D eigenvalue weighted by atomic mass is 19.3. The van der Waals surface area contributed by atoms with Gasteiger partial charge in [0.25, 0.3) is 0 Å². The zero-order valence-electron chi connectivity index (χ0n) is 11.8. The van der Waals surface area contributed by atoms with Crippen LogP contribution in [0.4, 0.5) is 14.5 Å². The highest BCUT2D eigenvalue weighted by Gasteiger charge is 2.20. The van der Waals surface area contributed by atoms with E-state index in [4.69, 9.17) is 0 Å². The van der Waals surface area contributed by atoms with Crippen molar-refractivity contribution in [3.05, 3.63) is 24.3 Å². The molecule has 0 unspecified atom stereocenters. The molecule has 0 spiro atoms. The van der Waals surface area contributed by atoms with Crippen molar-refractivity contribution in [2.75, 3.05) is 31.5 Å². The summed E-state index contributed by atoms with van der Waals surface area (Å²) < 4.78 is 28.3. The minimum absolute atomic E-state index is 0.0683. The van der Waals surface area contributed by atoms with Crippen molar-refractivity contribution >= 4 is 11.6 Å². The molecule has 0 saturated carbocycles. The van der Waals surface area contributed by atoms with Gasteiger partial charge in [-0.15, -0.1) is 0 Å².